The number of nitrogens with zero attached hydrogens (tertiary/aromatic N) is 2. The van der Waals surface area contributed by atoms with Crippen molar-refractivity contribution in [3.05, 3.63) is 59.9 Å². The molecule has 0 amide bonds. The van der Waals surface area contributed by atoms with Gasteiger partial charge >= 0.3 is 0 Å². The smallest absolute Gasteiger partial charge is 0.242 e. The zero-order valence-electron chi connectivity index (χ0n) is 12.2. The highest BCUT2D eigenvalue weighted by Crippen LogP contribution is 2.18. The fourth-order valence-electron chi connectivity index (χ4n) is 1.94. The van der Waals surface area contributed by atoms with Crippen LogP contribution in [0, 0.1) is 0 Å². The first kappa shape index (κ1) is 15.6. The predicted octanol–water partition coefficient (Wildman–Crippen LogP) is 1.62. The lowest BCUT2D eigenvalue weighted by atomic mass is 10.2. The third-order valence-corrected chi connectivity index (χ3v) is 5.04. The van der Waals surface area contributed by atoms with Crippen LogP contribution in [-0.2, 0) is 23.1 Å². The van der Waals surface area contributed by atoms with Crippen LogP contribution in [0.3, 0.4) is 0 Å². The Hall–Kier alpha value is -1.76. The number of rotatable bonds is 6. The topological polar surface area (TPSA) is 62.3 Å². The monoisotopic (exact) mass is 305 g/mol. The van der Waals surface area contributed by atoms with E-state index in [4.69, 9.17) is 0 Å². The molecule has 112 valence electrons. The van der Waals surface area contributed by atoms with Crippen molar-refractivity contribution in [2.75, 3.05) is 14.1 Å². The molecule has 1 heterocycles. The second-order valence-electron chi connectivity index (χ2n) is 4.85. The van der Waals surface area contributed by atoms with Gasteiger partial charge in [0.25, 0.3) is 0 Å². The third kappa shape index (κ3) is 3.87. The fourth-order valence-corrected chi connectivity index (χ4v) is 3.06. The molecule has 5 nitrogen and oxygen atoms in total. The molecule has 2 rings (SSSR count). The van der Waals surface area contributed by atoms with Crippen molar-refractivity contribution in [1.29, 1.82) is 0 Å². The third-order valence-electron chi connectivity index (χ3n) is 3.13. The number of hydrogen-bond donors (Lipinski definition) is 1. The van der Waals surface area contributed by atoms with Gasteiger partial charge in [-0.1, -0.05) is 18.2 Å². The zero-order chi connectivity index (χ0) is 15.3. The highest BCUT2D eigenvalue weighted by Gasteiger charge is 2.20. The molecule has 2 aromatic rings. The fraction of sp³-hybridized carbons (Fsp3) is 0.267. The number of nitrogens with one attached hydrogen (secondary N) is 1. The lowest BCUT2D eigenvalue weighted by Crippen LogP contribution is -2.24. The number of benzene rings is 1. The normalized spacial score (nSPS) is 11.8. The summed E-state index contributed by atoms with van der Waals surface area (Å²) >= 11 is 0. The minimum Gasteiger partial charge on any atom is -0.309 e. The van der Waals surface area contributed by atoms with Crippen LogP contribution in [0.2, 0.25) is 0 Å². The average Bonchev–Trinajstić information content (AvgIpc) is 2.48. The van der Waals surface area contributed by atoms with Gasteiger partial charge in [0.15, 0.2) is 0 Å². The van der Waals surface area contributed by atoms with E-state index in [9.17, 15) is 8.42 Å². The number of hydrogen-bond acceptors (Lipinski definition) is 4. The summed E-state index contributed by atoms with van der Waals surface area (Å²) in [4.78, 5) is 4.31. The first-order valence-corrected chi connectivity index (χ1v) is 8.06. The Morgan fingerprint density at radius 3 is 2.38 bits per heavy atom. The molecule has 0 saturated carbocycles. The van der Waals surface area contributed by atoms with Crippen molar-refractivity contribution < 1.29 is 8.42 Å². The van der Waals surface area contributed by atoms with Crippen molar-refractivity contribution in [2.45, 2.75) is 18.0 Å². The number of aromatic nitrogens is 1. The van der Waals surface area contributed by atoms with E-state index in [0.717, 1.165) is 11.1 Å². The summed E-state index contributed by atoms with van der Waals surface area (Å²) < 4.78 is 25.8. The molecule has 1 aromatic carbocycles. The molecule has 0 spiro atoms. The van der Waals surface area contributed by atoms with E-state index in [0.29, 0.717) is 18.0 Å². The Bertz CT molecular complexity index is 685. The second-order valence-corrected chi connectivity index (χ2v) is 6.97. The molecule has 6 heteroatoms. The van der Waals surface area contributed by atoms with Crippen molar-refractivity contribution in [1.82, 2.24) is 14.6 Å². The molecule has 0 aliphatic rings. The van der Waals surface area contributed by atoms with Gasteiger partial charge < -0.3 is 5.32 Å². The quantitative estimate of drug-likeness (QED) is 0.881. The molecule has 0 fully saturated rings. The summed E-state index contributed by atoms with van der Waals surface area (Å²) in [5.41, 5.74) is 1.87. The SMILES string of the molecule is CN(C)S(=O)(=O)c1ccccc1CNCc1ccncc1. The van der Waals surface area contributed by atoms with Crippen molar-refractivity contribution in [3.63, 3.8) is 0 Å². The van der Waals surface area contributed by atoms with Crippen LogP contribution in [0.5, 0.6) is 0 Å². The van der Waals surface area contributed by atoms with E-state index in [-0.39, 0.29) is 0 Å². The molecule has 1 N–H and O–H groups in total. The Kier molecular flexibility index (Phi) is 5.06. The number of sulfonamides is 1. The first-order chi connectivity index (χ1) is 10.0. The van der Waals surface area contributed by atoms with E-state index in [2.05, 4.69) is 10.3 Å². The van der Waals surface area contributed by atoms with Crippen LogP contribution in [0.25, 0.3) is 0 Å². The Morgan fingerprint density at radius 1 is 1.05 bits per heavy atom. The molecular formula is C15H19N3O2S. The summed E-state index contributed by atoms with van der Waals surface area (Å²) in [5.74, 6) is 0. The van der Waals surface area contributed by atoms with Gasteiger partial charge in [0.05, 0.1) is 4.90 Å². The summed E-state index contributed by atoms with van der Waals surface area (Å²) in [7, 11) is -0.343. The van der Waals surface area contributed by atoms with Gasteiger partial charge in [0.2, 0.25) is 10.0 Å². The van der Waals surface area contributed by atoms with Crippen LogP contribution < -0.4 is 5.32 Å². The molecule has 0 bridgehead atoms. The van der Waals surface area contributed by atoms with Gasteiger partial charge in [-0.2, -0.15) is 0 Å². The lowest BCUT2D eigenvalue weighted by Gasteiger charge is -2.15. The van der Waals surface area contributed by atoms with E-state index >= 15 is 0 Å². The maximum atomic E-state index is 12.3. The average molecular weight is 305 g/mol. The van der Waals surface area contributed by atoms with Crippen molar-refractivity contribution in [2.24, 2.45) is 0 Å². The van der Waals surface area contributed by atoms with E-state index < -0.39 is 10.0 Å². The van der Waals surface area contributed by atoms with Crippen LogP contribution in [-0.4, -0.2) is 31.8 Å². The standard InChI is InChI=1S/C15H19N3O2S/c1-18(2)21(19,20)15-6-4-3-5-14(15)12-17-11-13-7-9-16-10-8-13/h3-10,17H,11-12H2,1-2H3. The highest BCUT2D eigenvalue weighted by atomic mass is 32.2. The maximum absolute atomic E-state index is 12.3. The summed E-state index contributed by atoms with van der Waals surface area (Å²) in [6.45, 7) is 1.16. The van der Waals surface area contributed by atoms with Gasteiger partial charge in [-0.05, 0) is 29.3 Å². The molecule has 0 aliphatic carbocycles. The second kappa shape index (κ2) is 6.80. The van der Waals surface area contributed by atoms with E-state index in [1.165, 1.54) is 18.4 Å². The number of pyridine rings is 1. The van der Waals surface area contributed by atoms with Gasteiger partial charge in [-0.25, -0.2) is 12.7 Å². The summed E-state index contributed by atoms with van der Waals surface area (Å²) in [5, 5.41) is 3.26. The van der Waals surface area contributed by atoms with Crippen LogP contribution in [0.1, 0.15) is 11.1 Å². The molecule has 0 unspecified atom stereocenters. The highest BCUT2D eigenvalue weighted by molar-refractivity contribution is 7.89. The molecule has 0 saturated heterocycles. The maximum Gasteiger partial charge on any atom is 0.242 e. The van der Waals surface area contributed by atoms with Gasteiger partial charge in [-0.15, -0.1) is 0 Å². The minimum atomic E-state index is -3.42. The molecule has 0 atom stereocenters. The minimum absolute atomic E-state index is 0.345. The van der Waals surface area contributed by atoms with E-state index in [1.807, 2.05) is 24.3 Å². The van der Waals surface area contributed by atoms with Gasteiger partial charge in [0, 0.05) is 39.6 Å². The zero-order valence-corrected chi connectivity index (χ0v) is 13.0. The molecule has 21 heavy (non-hydrogen) atoms. The lowest BCUT2D eigenvalue weighted by molar-refractivity contribution is 0.518. The first-order valence-electron chi connectivity index (χ1n) is 6.62. The Labute approximate surface area is 125 Å². The van der Waals surface area contributed by atoms with Crippen LogP contribution in [0.15, 0.2) is 53.7 Å². The molecule has 0 radical (unpaired) electrons. The van der Waals surface area contributed by atoms with Crippen LogP contribution >= 0.6 is 0 Å². The Balaban J connectivity index is 2.11. The van der Waals surface area contributed by atoms with E-state index in [1.54, 1.807) is 24.5 Å². The molecule has 0 aliphatic heterocycles. The molecular weight excluding hydrogens is 286 g/mol. The van der Waals surface area contributed by atoms with Crippen molar-refractivity contribution >= 4 is 10.0 Å². The molecule has 1 aromatic heterocycles. The van der Waals surface area contributed by atoms with Crippen molar-refractivity contribution in [3.8, 4) is 0 Å². The van der Waals surface area contributed by atoms with Gasteiger partial charge in [-0.3, -0.25) is 4.98 Å². The Morgan fingerprint density at radius 2 is 1.71 bits per heavy atom. The summed E-state index contributed by atoms with van der Waals surface area (Å²) in [6, 6.07) is 10.9. The largest absolute Gasteiger partial charge is 0.309 e. The van der Waals surface area contributed by atoms with Gasteiger partial charge in [0.1, 0.15) is 0 Å². The summed E-state index contributed by atoms with van der Waals surface area (Å²) in [6.07, 6.45) is 3.48. The van der Waals surface area contributed by atoms with Crippen LogP contribution in [0.4, 0.5) is 0 Å². The predicted molar refractivity (Wildman–Crippen MR) is 82.1 cm³/mol.